The van der Waals surface area contributed by atoms with E-state index in [1.807, 2.05) is 6.08 Å². The molecule has 1 heteroatoms. The van der Waals surface area contributed by atoms with Crippen LogP contribution in [0.3, 0.4) is 0 Å². The van der Waals surface area contributed by atoms with Crippen LogP contribution in [0, 0.1) is 5.92 Å². The van der Waals surface area contributed by atoms with Crippen molar-refractivity contribution in [2.75, 3.05) is 0 Å². The molecule has 1 aliphatic carbocycles. The summed E-state index contributed by atoms with van der Waals surface area (Å²) in [6.07, 6.45) is 11.5. The fourth-order valence-corrected chi connectivity index (χ4v) is 1.70. The first kappa shape index (κ1) is 10.8. The van der Waals surface area contributed by atoms with Crippen LogP contribution in [0.4, 0.5) is 0 Å². The summed E-state index contributed by atoms with van der Waals surface area (Å²) in [6, 6.07) is 0. The molecule has 0 amide bonds. The molecule has 1 rings (SSSR count). The minimum Gasteiger partial charge on any atom is -0.393 e. The number of rotatable bonds is 8. The molecular weight excluding hydrogens is 160 g/mol. The van der Waals surface area contributed by atoms with Gasteiger partial charge >= 0.3 is 0 Å². The Balaban J connectivity index is 1.82. The van der Waals surface area contributed by atoms with Gasteiger partial charge in [-0.1, -0.05) is 31.8 Å². The van der Waals surface area contributed by atoms with Crippen molar-refractivity contribution in [3.63, 3.8) is 0 Å². The molecule has 0 bridgehead atoms. The maximum Gasteiger partial charge on any atom is 0.0542 e. The second-order valence-corrected chi connectivity index (χ2v) is 4.26. The third-order valence-corrected chi connectivity index (χ3v) is 2.75. The van der Waals surface area contributed by atoms with Gasteiger partial charge in [0.2, 0.25) is 0 Å². The number of aliphatic hydroxyl groups excluding tert-OH is 1. The van der Waals surface area contributed by atoms with Crippen LogP contribution in [0.25, 0.3) is 0 Å². The molecule has 0 aliphatic heterocycles. The van der Waals surface area contributed by atoms with Gasteiger partial charge in [-0.05, 0) is 31.6 Å². The van der Waals surface area contributed by atoms with Crippen molar-refractivity contribution in [3.8, 4) is 0 Å². The molecule has 0 aromatic carbocycles. The van der Waals surface area contributed by atoms with E-state index in [4.69, 9.17) is 0 Å². The lowest BCUT2D eigenvalue weighted by molar-refractivity contribution is 0.144. The van der Waals surface area contributed by atoms with Crippen LogP contribution in [0.15, 0.2) is 12.7 Å². The molecule has 1 nitrogen and oxygen atoms in total. The van der Waals surface area contributed by atoms with Gasteiger partial charge in [0, 0.05) is 0 Å². The fourth-order valence-electron chi connectivity index (χ4n) is 1.70. The van der Waals surface area contributed by atoms with Gasteiger partial charge in [0.1, 0.15) is 0 Å². The van der Waals surface area contributed by atoms with Gasteiger partial charge in [-0.2, -0.15) is 0 Å². The third kappa shape index (κ3) is 5.87. The zero-order valence-electron chi connectivity index (χ0n) is 8.54. The molecule has 76 valence electrons. The van der Waals surface area contributed by atoms with Crippen molar-refractivity contribution in [1.82, 2.24) is 0 Å². The number of allylic oxidation sites excluding steroid dienone is 1. The van der Waals surface area contributed by atoms with E-state index >= 15 is 0 Å². The number of hydrogen-bond acceptors (Lipinski definition) is 1. The molecule has 0 aromatic heterocycles. The fraction of sp³-hybridized carbons (Fsp3) is 0.833. The summed E-state index contributed by atoms with van der Waals surface area (Å²) >= 11 is 0. The highest BCUT2D eigenvalue weighted by Gasteiger charge is 2.23. The Morgan fingerprint density at radius 3 is 2.69 bits per heavy atom. The van der Waals surface area contributed by atoms with Gasteiger partial charge in [0.25, 0.3) is 0 Å². The third-order valence-electron chi connectivity index (χ3n) is 2.75. The Hall–Kier alpha value is -0.300. The van der Waals surface area contributed by atoms with Crippen LogP contribution in [0.2, 0.25) is 0 Å². The normalized spacial score (nSPS) is 18.5. The van der Waals surface area contributed by atoms with Gasteiger partial charge in [-0.25, -0.2) is 0 Å². The number of hydrogen-bond donors (Lipinski definition) is 1. The lowest BCUT2D eigenvalue weighted by Crippen LogP contribution is -2.06. The Morgan fingerprint density at radius 1 is 1.31 bits per heavy atom. The predicted octanol–water partition coefficient (Wildman–Crippen LogP) is 3.28. The molecule has 1 N–H and O–H groups in total. The van der Waals surface area contributed by atoms with Crippen molar-refractivity contribution < 1.29 is 5.11 Å². The van der Waals surface area contributed by atoms with Crippen LogP contribution in [0.5, 0.6) is 0 Å². The van der Waals surface area contributed by atoms with Crippen molar-refractivity contribution >= 4 is 0 Å². The summed E-state index contributed by atoms with van der Waals surface area (Å²) in [5, 5.41) is 9.60. The molecule has 0 spiro atoms. The summed E-state index contributed by atoms with van der Waals surface area (Å²) in [5.74, 6) is 0.864. The van der Waals surface area contributed by atoms with Crippen LogP contribution in [-0.4, -0.2) is 11.2 Å². The highest BCUT2D eigenvalue weighted by atomic mass is 16.3. The number of unbranched alkanes of at least 4 members (excludes halogenated alkanes) is 3. The zero-order valence-corrected chi connectivity index (χ0v) is 8.54. The molecule has 0 radical (unpaired) electrons. The molecule has 1 atom stereocenters. The van der Waals surface area contributed by atoms with Crippen LogP contribution < -0.4 is 0 Å². The van der Waals surface area contributed by atoms with Gasteiger partial charge in [0.05, 0.1) is 6.10 Å². The monoisotopic (exact) mass is 182 g/mol. The summed E-state index contributed by atoms with van der Waals surface area (Å²) in [6.45, 7) is 3.69. The largest absolute Gasteiger partial charge is 0.393 e. The quantitative estimate of drug-likeness (QED) is 0.451. The van der Waals surface area contributed by atoms with Gasteiger partial charge in [-0.15, -0.1) is 6.58 Å². The van der Waals surface area contributed by atoms with E-state index in [0.717, 1.165) is 25.2 Å². The lowest BCUT2D eigenvalue weighted by Gasteiger charge is -2.08. The van der Waals surface area contributed by atoms with Crippen LogP contribution >= 0.6 is 0 Å². The average molecular weight is 182 g/mol. The second kappa shape index (κ2) is 6.20. The van der Waals surface area contributed by atoms with E-state index in [2.05, 4.69) is 6.58 Å². The highest BCUT2D eigenvalue weighted by molar-refractivity contribution is 4.76. The molecule has 0 saturated heterocycles. The van der Waals surface area contributed by atoms with Crippen molar-refractivity contribution in [1.29, 1.82) is 0 Å². The van der Waals surface area contributed by atoms with E-state index in [-0.39, 0.29) is 6.10 Å². The minimum absolute atomic E-state index is 0.0174. The van der Waals surface area contributed by atoms with E-state index in [0.29, 0.717) is 0 Å². The van der Waals surface area contributed by atoms with E-state index in [9.17, 15) is 5.11 Å². The smallest absolute Gasteiger partial charge is 0.0542 e. The van der Waals surface area contributed by atoms with Gasteiger partial charge < -0.3 is 5.11 Å². The predicted molar refractivity (Wildman–Crippen MR) is 56.6 cm³/mol. The Kier molecular flexibility index (Phi) is 5.14. The van der Waals surface area contributed by atoms with E-state index in [1.165, 1.54) is 32.1 Å². The maximum atomic E-state index is 9.60. The standard InChI is InChI=1S/C12H22O/c1-2-3-4-5-6-7-12(13)10-11-8-9-11/h2,11-13H,1,3-10H2. The van der Waals surface area contributed by atoms with Gasteiger partial charge in [0.15, 0.2) is 0 Å². The van der Waals surface area contributed by atoms with Crippen molar-refractivity contribution in [2.45, 2.75) is 57.5 Å². The average Bonchev–Trinajstić information content (AvgIpc) is 2.88. The molecule has 13 heavy (non-hydrogen) atoms. The highest BCUT2D eigenvalue weighted by Crippen LogP contribution is 2.34. The Labute approximate surface area is 81.9 Å². The summed E-state index contributed by atoms with van der Waals surface area (Å²) < 4.78 is 0. The Morgan fingerprint density at radius 2 is 2.08 bits per heavy atom. The summed E-state index contributed by atoms with van der Waals surface area (Å²) in [4.78, 5) is 0. The first-order valence-electron chi connectivity index (χ1n) is 5.62. The van der Waals surface area contributed by atoms with E-state index < -0.39 is 0 Å². The zero-order chi connectivity index (χ0) is 9.52. The minimum atomic E-state index is -0.0174. The van der Waals surface area contributed by atoms with Crippen LogP contribution in [-0.2, 0) is 0 Å². The van der Waals surface area contributed by atoms with Gasteiger partial charge in [-0.3, -0.25) is 0 Å². The van der Waals surface area contributed by atoms with Crippen molar-refractivity contribution in [2.24, 2.45) is 5.92 Å². The molecule has 1 unspecified atom stereocenters. The molecule has 1 aliphatic rings. The maximum absolute atomic E-state index is 9.60. The second-order valence-electron chi connectivity index (χ2n) is 4.26. The summed E-state index contributed by atoms with van der Waals surface area (Å²) in [5.41, 5.74) is 0. The Bertz CT molecular complexity index is 138. The molecule has 1 saturated carbocycles. The topological polar surface area (TPSA) is 20.2 Å². The van der Waals surface area contributed by atoms with Crippen LogP contribution in [0.1, 0.15) is 51.4 Å². The van der Waals surface area contributed by atoms with Crippen molar-refractivity contribution in [3.05, 3.63) is 12.7 Å². The van der Waals surface area contributed by atoms with E-state index in [1.54, 1.807) is 0 Å². The number of aliphatic hydroxyl groups is 1. The first-order valence-corrected chi connectivity index (χ1v) is 5.62. The summed E-state index contributed by atoms with van der Waals surface area (Å²) in [7, 11) is 0. The molecule has 0 aromatic rings. The lowest BCUT2D eigenvalue weighted by atomic mass is 10.0. The first-order chi connectivity index (χ1) is 6.33. The molecule has 0 heterocycles. The SMILES string of the molecule is C=CCCCCCC(O)CC1CC1. The molecular formula is C12H22O. The molecule has 1 fully saturated rings.